The summed E-state index contributed by atoms with van der Waals surface area (Å²) >= 11 is 6.82. The van der Waals surface area contributed by atoms with Crippen molar-refractivity contribution < 1.29 is 0 Å². The number of aryl methyl sites for hydroxylation is 2. The lowest BCUT2D eigenvalue weighted by molar-refractivity contribution is 0.763. The molecule has 1 heteroatoms. The second-order valence-corrected chi connectivity index (χ2v) is 11.4. The molecule has 40 heavy (non-hydrogen) atoms. The van der Waals surface area contributed by atoms with Crippen LogP contribution in [0.3, 0.4) is 0 Å². The zero-order valence-corrected chi connectivity index (χ0v) is 22.8. The van der Waals surface area contributed by atoms with Gasteiger partial charge in [-0.2, -0.15) is 0 Å². The highest BCUT2D eigenvalue weighted by Crippen LogP contribution is 2.59. The number of fused-ring (bicyclic) bond motifs is 9. The van der Waals surface area contributed by atoms with Crippen molar-refractivity contribution in [2.75, 3.05) is 0 Å². The fraction of sp³-hybridized carbons (Fsp3) is 0.0769. The molecule has 0 saturated heterocycles. The van der Waals surface area contributed by atoms with E-state index in [1.54, 1.807) is 0 Å². The summed E-state index contributed by atoms with van der Waals surface area (Å²) in [6, 6.07) is 51.2. The first-order chi connectivity index (χ1) is 19.7. The third-order valence-corrected chi connectivity index (χ3v) is 9.15. The van der Waals surface area contributed by atoms with Gasteiger partial charge in [-0.05, 0) is 104 Å². The number of benzene rings is 6. The van der Waals surface area contributed by atoms with Crippen LogP contribution in [0.1, 0.15) is 33.4 Å². The Morgan fingerprint density at radius 2 is 0.925 bits per heavy atom. The van der Waals surface area contributed by atoms with Crippen LogP contribution in [-0.2, 0) is 18.3 Å². The van der Waals surface area contributed by atoms with Crippen LogP contribution < -0.4 is 0 Å². The van der Waals surface area contributed by atoms with Crippen LogP contribution in [0.5, 0.6) is 0 Å². The topological polar surface area (TPSA) is 0 Å². The molecule has 8 rings (SSSR count). The average Bonchev–Trinajstić information content (AvgIpc) is 3.21. The molecule has 6 aromatic carbocycles. The lowest BCUT2D eigenvalue weighted by atomic mass is 9.65. The molecular formula is C39H27Cl. The van der Waals surface area contributed by atoms with E-state index < -0.39 is 5.41 Å². The molecule has 190 valence electrons. The first-order valence-electron chi connectivity index (χ1n) is 14.0. The predicted molar refractivity (Wildman–Crippen MR) is 167 cm³/mol. The molecule has 0 N–H and O–H groups in total. The van der Waals surface area contributed by atoms with Gasteiger partial charge in [-0.15, -0.1) is 0 Å². The van der Waals surface area contributed by atoms with Gasteiger partial charge in [0, 0.05) is 5.02 Å². The molecule has 1 spiro atoms. The molecule has 0 nitrogen and oxygen atoms in total. The summed E-state index contributed by atoms with van der Waals surface area (Å²) in [4.78, 5) is 0. The maximum Gasteiger partial charge on any atom is 0.0719 e. The molecule has 2 aliphatic carbocycles. The van der Waals surface area contributed by atoms with Gasteiger partial charge < -0.3 is 0 Å². The van der Waals surface area contributed by atoms with Crippen molar-refractivity contribution >= 4 is 11.6 Å². The Balaban J connectivity index is 1.53. The van der Waals surface area contributed by atoms with Crippen LogP contribution in [0.25, 0.3) is 33.4 Å². The third kappa shape index (κ3) is 3.39. The Labute approximate surface area is 240 Å². The third-order valence-electron chi connectivity index (χ3n) is 8.91. The van der Waals surface area contributed by atoms with Crippen molar-refractivity contribution in [2.24, 2.45) is 0 Å². The number of rotatable bonds is 2. The van der Waals surface area contributed by atoms with Gasteiger partial charge in [0.25, 0.3) is 0 Å². The minimum Gasteiger partial charge on any atom is -0.0843 e. The average molecular weight is 531 g/mol. The summed E-state index contributed by atoms with van der Waals surface area (Å²) in [7, 11) is 0. The van der Waals surface area contributed by atoms with Crippen molar-refractivity contribution in [2.45, 2.75) is 18.3 Å². The predicted octanol–water partition coefficient (Wildman–Crippen LogP) is 10.1. The molecule has 2 aliphatic rings. The Hall–Kier alpha value is -4.39. The van der Waals surface area contributed by atoms with E-state index in [1.807, 2.05) is 6.07 Å². The molecule has 0 bridgehead atoms. The summed E-state index contributed by atoms with van der Waals surface area (Å²) in [5.74, 6) is 0. The lowest BCUT2D eigenvalue weighted by Crippen LogP contribution is -2.30. The SMILES string of the molecule is Clc1ccc2c(c1)C1(c3cc(-c4ccccc4)ccc3CCc3ccc(-c4ccccc4)cc31)c1ccccc1-2. The Bertz CT molecular complexity index is 1810. The molecule has 0 amide bonds. The lowest BCUT2D eigenvalue weighted by Gasteiger charge is -2.36. The van der Waals surface area contributed by atoms with E-state index in [0.29, 0.717) is 0 Å². The minimum absolute atomic E-state index is 0.465. The summed E-state index contributed by atoms with van der Waals surface area (Å²) < 4.78 is 0. The van der Waals surface area contributed by atoms with Gasteiger partial charge in [0.2, 0.25) is 0 Å². The molecule has 0 heterocycles. The molecule has 0 unspecified atom stereocenters. The maximum absolute atomic E-state index is 6.82. The van der Waals surface area contributed by atoms with E-state index in [-0.39, 0.29) is 0 Å². The number of halogens is 1. The molecule has 6 aromatic rings. The van der Waals surface area contributed by atoms with Crippen molar-refractivity contribution in [1.29, 1.82) is 0 Å². The molecule has 0 radical (unpaired) electrons. The second-order valence-electron chi connectivity index (χ2n) is 11.0. The van der Waals surface area contributed by atoms with Crippen LogP contribution in [0.15, 0.2) is 140 Å². The normalized spacial score (nSPS) is 14.1. The van der Waals surface area contributed by atoms with Crippen molar-refractivity contribution in [1.82, 2.24) is 0 Å². The van der Waals surface area contributed by atoms with Gasteiger partial charge >= 0.3 is 0 Å². The summed E-state index contributed by atoms with van der Waals surface area (Å²) in [5.41, 5.74) is 15.2. The van der Waals surface area contributed by atoms with E-state index in [1.165, 1.54) is 66.8 Å². The highest BCUT2D eigenvalue weighted by molar-refractivity contribution is 6.30. The number of hydrogen-bond acceptors (Lipinski definition) is 0. The monoisotopic (exact) mass is 530 g/mol. The van der Waals surface area contributed by atoms with E-state index in [4.69, 9.17) is 11.6 Å². The first-order valence-corrected chi connectivity index (χ1v) is 14.4. The van der Waals surface area contributed by atoms with Crippen LogP contribution in [0.4, 0.5) is 0 Å². The van der Waals surface area contributed by atoms with Crippen molar-refractivity contribution in [3.8, 4) is 33.4 Å². The van der Waals surface area contributed by atoms with Gasteiger partial charge in [0.1, 0.15) is 0 Å². The first kappa shape index (κ1) is 23.5. The van der Waals surface area contributed by atoms with Crippen LogP contribution in [0, 0.1) is 0 Å². The Kier molecular flexibility index (Phi) is 5.33. The van der Waals surface area contributed by atoms with Gasteiger partial charge in [-0.1, -0.05) is 127 Å². The quantitative estimate of drug-likeness (QED) is 0.208. The summed E-state index contributed by atoms with van der Waals surface area (Å²) in [5, 5.41) is 0.775. The fourth-order valence-corrected chi connectivity index (χ4v) is 7.33. The van der Waals surface area contributed by atoms with Crippen molar-refractivity contribution in [3.63, 3.8) is 0 Å². The van der Waals surface area contributed by atoms with E-state index >= 15 is 0 Å². The molecular weight excluding hydrogens is 504 g/mol. The van der Waals surface area contributed by atoms with Crippen LogP contribution in [-0.4, -0.2) is 0 Å². The van der Waals surface area contributed by atoms with E-state index in [0.717, 1.165) is 17.9 Å². The maximum atomic E-state index is 6.82. The molecule has 0 aromatic heterocycles. The van der Waals surface area contributed by atoms with E-state index in [9.17, 15) is 0 Å². The van der Waals surface area contributed by atoms with Gasteiger partial charge in [-0.25, -0.2) is 0 Å². The number of hydrogen-bond donors (Lipinski definition) is 0. The smallest absolute Gasteiger partial charge is 0.0719 e. The fourth-order valence-electron chi connectivity index (χ4n) is 7.15. The summed E-state index contributed by atoms with van der Waals surface area (Å²) in [6.45, 7) is 0. The van der Waals surface area contributed by atoms with Gasteiger partial charge in [0.05, 0.1) is 5.41 Å². The van der Waals surface area contributed by atoms with Crippen LogP contribution in [0.2, 0.25) is 5.02 Å². The molecule has 0 aliphatic heterocycles. The van der Waals surface area contributed by atoms with E-state index in [2.05, 4.69) is 133 Å². The second kappa shape index (κ2) is 9.08. The molecule has 0 saturated carbocycles. The highest BCUT2D eigenvalue weighted by Gasteiger charge is 2.49. The van der Waals surface area contributed by atoms with Crippen molar-refractivity contribution in [3.05, 3.63) is 178 Å². The van der Waals surface area contributed by atoms with Gasteiger partial charge in [0.15, 0.2) is 0 Å². The standard InChI is InChI=1S/C39H27Cl/c40-32-21-22-34-33-13-7-8-14-35(33)39(38(34)25-32)36-23-30(26-9-3-1-4-10-26)19-17-28(36)15-16-29-18-20-31(24-37(29)39)27-11-5-2-6-12-27/h1-14,17-25H,15-16H2. The van der Waals surface area contributed by atoms with Crippen LogP contribution >= 0.6 is 11.6 Å². The minimum atomic E-state index is -0.465. The van der Waals surface area contributed by atoms with Gasteiger partial charge in [-0.3, -0.25) is 0 Å². The zero-order chi connectivity index (χ0) is 26.7. The largest absolute Gasteiger partial charge is 0.0843 e. The molecule has 0 atom stereocenters. The summed E-state index contributed by atoms with van der Waals surface area (Å²) in [6.07, 6.45) is 2.00. The Morgan fingerprint density at radius 3 is 1.52 bits per heavy atom. The highest BCUT2D eigenvalue weighted by atomic mass is 35.5. The Morgan fingerprint density at radius 1 is 0.400 bits per heavy atom. The molecule has 0 fully saturated rings. The zero-order valence-electron chi connectivity index (χ0n) is 22.1.